The molecule has 18 heavy (non-hydrogen) atoms. The molecule has 0 radical (unpaired) electrons. The van der Waals surface area contributed by atoms with Crippen LogP contribution in [0.3, 0.4) is 0 Å². The molecule has 0 aromatic heterocycles. The third-order valence-electron chi connectivity index (χ3n) is 2.65. The predicted molar refractivity (Wildman–Crippen MR) is 76.1 cm³/mol. The first-order valence-electron chi connectivity index (χ1n) is 6.13. The number of ether oxygens (including phenoxy) is 1. The highest BCUT2D eigenvalue weighted by Gasteiger charge is 2.12. The van der Waals surface area contributed by atoms with Crippen LogP contribution in [-0.4, -0.2) is 37.7 Å². The molecule has 3 nitrogen and oxygen atoms in total. The van der Waals surface area contributed by atoms with Crippen LogP contribution in [0.4, 0.5) is 0 Å². The van der Waals surface area contributed by atoms with Gasteiger partial charge in [0.15, 0.2) is 0 Å². The predicted octanol–water partition coefficient (Wildman–Crippen LogP) is 2.22. The van der Waals surface area contributed by atoms with E-state index in [4.69, 9.17) is 4.74 Å². The Morgan fingerprint density at radius 3 is 2.56 bits per heavy atom. The summed E-state index contributed by atoms with van der Waals surface area (Å²) < 4.78 is 5.57. The van der Waals surface area contributed by atoms with Crippen molar-refractivity contribution in [3.8, 4) is 0 Å². The second kappa shape index (κ2) is 7.59. The number of nitrogens with one attached hydrogen (secondary N) is 1. The Morgan fingerprint density at radius 2 is 2.00 bits per heavy atom. The van der Waals surface area contributed by atoms with Gasteiger partial charge in [-0.15, -0.1) is 5.73 Å². The number of nitrogens with zero attached hydrogens (tertiary/aromatic N) is 1. The smallest absolute Gasteiger partial charge is 0.135 e. The Morgan fingerprint density at radius 1 is 1.33 bits per heavy atom. The van der Waals surface area contributed by atoms with Gasteiger partial charge in [0.25, 0.3) is 0 Å². The van der Waals surface area contributed by atoms with Crippen molar-refractivity contribution in [2.45, 2.75) is 6.92 Å². The lowest BCUT2D eigenvalue weighted by atomic mass is 10.3. The number of piperazine rings is 1. The Kier molecular flexibility index (Phi) is 6.06. The molecule has 3 heteroatoms. The molecule has 0 bridgehead atoms. The zero-order chi connectivity index (χ0) is 13.4. The lowest BCUT2D eigenvalue weighted by Gasteiger charge is -2.30. The summed E-state index contributed by atoms with van der Waals surface area (Å²) in [6.45, 7) is 17.6. The van der Waals surface area contributed by atoms with Crippen molar-refractivity contribution in [2.75, 3.05) is 32.8 Å². The second-order valence-electron chi connectivity index (χ2n) is 4.30. The first-order chi connectivity index (χ1) is 8.63. The lowest BCUT2D eigenvalue weighted by Crippen LogP contribution is -2.43. The molecule has 98 valence electrons. The number of rotatable bonds is 6. The Hall–Kier alpha value is -1.70. The van der Waals surface area contributed by atoms with E-state index in [1.807, 2.05) is 19.1 Å². The maximum Gasteiger partial charge on any atom is 0.135 e. The molecular formula is C15H22N2O. The zero-order valence-corrected chi connectivity index (χ0v) is 11.2. The van der Waals surface area contributed by atoms with Gasteiger partial charge in [0.2, 0.25) is 0 Å². The molecule has 0 spiro atoms. The normalized spacial score (nSPS) is 15.3. The van der Waals surface area contributed by atoms with Gasteiger partial charge in [-0.05, 0) is 13.0 Å². The van der Waals surface area contributed by atoms with Gasteiger partial charge in [-0.3, -0.25) is 0 Å². The van der Waals surface area contributed by atoms with Crippen molar-refractivity contribution in [3.05, 3.63) is 54.6 Å². The van der Waals surface area contributed by atoms with Gasteiger partial charge in [0.05, 0.1) is 5.70 Å². The van der Waals surface area contributed by atoms with Gasteiger partial charge in [-0.25, -0.2) is 0 Å². The van der Waals surface area contributed by atoms with Crippen molar-refractivity contribution in [2.24, 2.45) is 0 Å². The van der Waals surface area contributed by atoms with E-state index in [1.54, 1.807) is 0 Å². The summed E-state index contributed by atoms with van der Waals surface area (Å²) in [7, 11) is 0. The molecule has 1 N–H and O–H groups in total. The quantitative estimate of drug-likeness (QED) is 0.442. The van der Waals surface area contributed by atoms with Crippen LogP contribution in [0.15, 0.2) is 54.6 Å². The van der Waals surface area contributed by atoms with E-state index in [0.717, 1.165) is 37.4 Å². The maximum absolute atomic E-state index is 5.57. The number of hydrogen-bond acceptors (Lipinski definition) is 3. The summed E-state index contributed by atoms with van der Waals surface area (Å²) in [5, 5.41) is 3.31. The average Bonchev–Trinajstić information content (AvgIpc) is 2.38. The molecule has 0 unspecified atom stereocenters. The van der Waals surface area contributed by atoms with E-state index in [0.29, 0.717) is 12.4 Å². The molecule has 1 fully saturated rings. The summed E-state index contributed by atoms with van der Waals surface area (Å²) >= 11 is 0. The van der Waals surface area contributed by atoms with Crippen LogP contribution in [0.5, 0.6) is 0 Å². The summed E-state index contributed by atoms with van der Waals surface area (Å²) in [5.41, 5.74) is 4.91. The van der Waals surface area contributed by atoms with Crippen molar-refractivity contribution < 1.29 is 4.74 Å². The maximum atomic E-state index is 5.57. The molecule has 1 heterocycles. The molecule has 1 rings (SSSR count). The molecule has 0 aliphatic carbocycles. The molecule has 1 aliphatic rings. The highest BCUT2D eigenvalue weighted by atomic mass is 16.5. The lowest BCUT2D eigenvalue weighted by molar-refractivity contribution is 0.200. The molecule has 0 atom stereocenters. The van der Waals surface area contributed by atoms with Crippen LogP contribution in [0.25, 0.3) is 0 Å². The van der Waals surface area contributed by atoms with Crippen LogP contribution < -0.4 is 5.32 Å². The minimum atomic E-state index is 0.461. The van der Waals surface area contributed by atoms with Crippen LogP contribution in [0.2, 0.25) is 0 Å². The van der Waals surface area contributed by atoms with Crippen molar-refractivity contribution in [1.82, 2.24) is 10.2 Å². The fourth-order valence-electron chi connectivity index (χ4n) is 1.63. The van der Waals surface area contributed by atoms with Crippen LogP contribution >= 0.6 is 0 Å². The first-order valence-corrected chi connectivity index (χ1v) is 6.13. The molecule has 0 aromatic rings. The summed E-state index contributed by atoms with van der Waals surface area (Å²) in [5.74, 6) is 0.626. The van der Waals surface area contributed by atoms with E-state index in [2.05, 4.69) is 35.7 Å². The highest BCUT2D eigenvalue weighted by Crippen LogP contribution is 2.08. The molecule has 0 saturated carbocycles. The fourth-order valence-corrected chi connectivity index (χ4v) is 1.63. The minimum Gasteiger partial charge on any atom is -0.487 e. The largest absolute Gasteiger partial charge is 0.487 e. The van der Waals surface area contributed by atoms with Crippen LogP contribution in [0, 0.1) is 0 Å². The Balaban J connectivity index is 2.42. The molecule has 0 amide bonds. The van der Waals surface area contributed by atoms with Gasteiger partial charge in [-0.1, -0.05) is 31.4 Å². The molecular weight excluding hydrogens is 224 g/mol. The zero-order valence-electron chi connectivity index (χ0n) is 11.2. The first kappa shape index (κ1) is 14.4. The minimum absolute atomic E-state index is 0.461. The second-order valence-corrected chi connectivity index (χ2v) is 4.30. The van der Waals surface area contributed by atoms with Gasteiger partial charge in [0, 0.05) is 26.2 Å². The van der Waals surface area contributed by atoms with Crippen molar-refractivity contribution in [3.63, 3.8) is 0 Å². The van der Waals surface area contributed by atoms with Gasteiger partial charge in [-0.2, -0.15) is 0 Å². The third-order valence-corrected chi connectivity index (χ3v) is 2.65. The molecule has 1 aliphatic heterocycles. The molecule has 0 aromatic carbocycles. The fraction of sp³-hybridized carbons (Fsp3) is 0.400. The van der Waals surface area contributed by atoms with Crippen LogP contribution in [-0.2, 0) is 4.74 Å². The monoisotopic (exact) mass is 246 g/mol. The van der Waals surface area contributed by atoms with Crippen LogP contribution in [0.1, 0.15) is 6.92 Å². The van der Waals surface area contributed by atoms with E-state index >= 15 is 0 Å². The van der Waals surface area contributed by atoms with E-state index < -0.39 is 0 Å². The van der Waals surface area contributed by atoms with Gasteiger partial charge >= 0.3 is 0 Å². The van der Waals surface area contributed by atoms with Crippen molar-refractivity contribution in [1.29, 1.82) is 0 Å². The van der Waals surface area contributed by atoms with Crippen molar-refractivity contribution >= 4 is 0 Å². The third kappa shape index (κ3) is 5.09. The average molecular weight is 246 g/mol. The molecule has 1 saturated heterocycles. The number of allylic oxidation sites excluding steroid dienone is 3. The number of hydrogen-bond donors (Lipinski definition) is 1. The van der Waals surface area contributed by atoms with E-state index in [9.17, 15) is 0 Å². The topological polar surface area (TPSA) is 24.5 Å². The Bertz CT molecular complexity index is 383. The van der Waals surface area contributed by atoms with Gasteiger partial charge in [0.1, 0.15) is 12.4 Å². The van der Waals surface area contributed by atoms with Gasteiger partial charge < -0.3 is 15.0 Å². The summed E-state index contributed by atoms with van der Waals surface area (Å²) in [6.07, 6.45) is 3.70. The van der Waals surface area contributed by atoms with E-state index in [-0.39, 0.29) is 0 Å². The standard InChI is InChI=1S/C15H22N2O/c1-5-15(17-10-8-16-9-11-17)12-18-14(4)7-6-13(2)3/h6-7,16H,1-2,4,8-12H2,3H3/b7-6-. The highest BCUT2D eigenvalue weighted by molar-refractivity contribution is 5.19. The summed E-state index contributed by atoms with van der Waals surface area (Å²) in [4.78, 5) is 2.24. The Labute approximate surface area is 110 Å². The summed E-state index contributed by atoms with van der Waals surface area (Å²) in [6, 6.07) is 0. The SMILES string of the molecule is C=C=C(COC(=C)/C=C\C(=C)C)N1CCNCC1. The van der Waals surface area contributed by atoms with E-state index in [1.165, 1.54) is 0 Å².